The standard InChI is InChI=1S/C17H18N6OS/c1-11-9-12(2)23-16(18-11)19-17(22-23)25-10-15(24)21-20-13(3)14-7-5-4-6-8-14/h4-9H,10H2,1-3H3,(H,21,24)/b20-13-. The van der Waals surface area contributed by atoms with Gasteiger partial charge in [-0.05, 0) is 32.4 Å². The van der Waals surface area contributed by atoms with Gasteiger partial charge in [-0.15, -0.1) is 5.10 Å². The molecule has 3 aromatic rings. The summed E-state index contributed by atoms with van der Waals surface area (Å²) < 4.78 is 1.67. The number of rotatable bonds is 5. The monoisotopic (exact) mass is 354 g/mol. The van der Waals surface area contributed by atoms with Gasteiger partial charge in [-0.3, -0.25) is 4.79 Å². The molecule has 0 saturated heterocycles. The number of fused-ring (bicyclic) bond motifs is 1. The zero-order chi connectivity index (χ0) is 17.8. The van der Waals surface area contributed by atoms with Crippen LogP contribution >= 0.6 is 11.8 Å². The van der Waals surface area contributed by atoms with Gasteiger partial charge < -0.3 is 0 Å². The van der Waals surface area contributed by atoms with E-state index in [1.807, 2.05) is 57.2 Å². The van der Waals surface area contributed by atoms with E-state index in [2.05, 4.69) is 25.6 Å². The highest BCUT2D eigenvalue weighted by atomic mass is 32.2. The van der Waals surface area contributed by atoms with E-state index in [4.69, 9.17) is 0 Å². The number of thioether (sulfide) groups is 1. The third kappa shape index (κ3) is 4.21. The van der Waals surface area contributed by atoms with E-state index in [9.17, 15) is 4.79 Å². The van der Waals surface area contributed by atoms with Crippen molar-refractivity contribution in [1.29, 1.82) is 0 Å². The molecule has 1 amide bonds. The number of aromatic nitrogens is 4. The van der Waals surface area contributed by atoms with E-state index in [1.165, 1.54) is 11.8 Å². The minimum absolute atomic E-state index is 0.181. The summed E-state index contributed by atoms with van der Waals surface area (Å²) in [4.78, 5) is 20.6. The maximum Gasteiger partial charge on any atom is 0.253 e. The Kier molecular flexibility index (Phi) is 5.08. The minimum Gasteiger partial charge on any atom is -0.272 e. The predicted octanol–water partition coefficient (Wildman–Crippen LogP) is 2.37. The smallest absolute Gasteiger partial charge is 0.253 e. The van der Waals surface area contributed by atoms with Crippen molar-refractivity contribution in [2.45, 2.75) is 25.9 Å². The molecule has 0 aliphatic carbocycles. The molecule has 2 aromatic heterocycles. The lowest BCUT2D eigenvalue weighted by Crippen LogP contribution is -2.21. The molecule has 0 atom stereocenters. The molecule has 0 aliphatic rings. The largest absolute Gasteiger partial charge is 0.272 e. The van der Waals surface area contributed by atoms with Crippen LogP contribution in [0.2, 0.25) is 0 Å². The molecule has 1 aromatic carbocycles. The van der Waals surface area contributed by atoms with Crippen LogP contribution in [-0.2, 0) is 4.79 Å². The number of benzene rings is 1. The van der Waals surface area contributed by atoms with Crippen LogP contribution in [0.15, 0.2) is 46.7 Å². The highest BCUT2D eigenvalue weighted by molar-refractivity contribution is 7.99. The van der Waals surface area contributed by atoms with Crippen LogP contribution in [-0.4, -0.2) is 37.0 Å². The molecule has 128 valence electrons. The van der Waals surface area contributed by atoms with Gasteiger partial charge in [-0.25, -0.2) is 14.9 Å². The van der Waals surface area contributed by atoms with Crippen molar-refractivity contribution in [3.8, 4) is 0 Å². The maximum absolute atomic E-state index is 12.0. The van der Waals surface area contributed by atoms with Gasteiger partial charge in [0.15, 0.2) is 0 Å². The fourth-order valence-corrected chi connectivity index (χ4v) is 2.87. The quantitative estimate of drug-likeness (QED) is 0.432. The van der Waals surface area contributed by atoms with Crippen molar-refractivity contribution >= 4 is 29.2 Å². The Balaban J connectivity index is 1.60. The number of carbonyl (C=O) groups excluding carboxylic acids is 1. The highest BCUT2D eigenvalue weighted by Crippen LogP contribution is 2.15. The summed E-state index contributed by atoms with van der Waals surface area (Å²) in [6.45, 7) is 5.71. The fourth-order valence-electron chi connectivity index (χ4n) is 2.26. The van der Waals surface area contributed by atoms with Crippen molar-refractivity contribution in [2.75, 3.05) is 5.75 Å². The predicted molar refractivity (Wildman–Crippen MR) is 97.8 cm³/mol. The topological polar surface area (TPSA) is 84.5 Å². The molecule has 7 nitrogen and oxygen atoms in total. The fraction of sp³-hybridized carbons (Fsp3) is 0.235. The van der Waals surface area contributed by atoms with E-state index in [0.717, 1.165) is 22.7 Å². The number of hydrazone groups is 1. The van der Waals surface area contributed by atoms with E-state index >= 15 is 0 Å². The lowest BCUT2D eigenvalue weighted by atomic mass is 10.1. The number of hydrogen-bond acceptors (Lipinski definition) is 6. The normalized spacial score (nSPS) is 11.7. The Morgan fingerprint density at radius 2 is 2.00 bits per heavy atom. The van der Waals surface area contributed by atoms with Gasteiger partial charge in [0, 0.05) is 11.4 Å². The van der Waals surface area contributed by atoms with Crippen molar-refractivity contribution < 1.29 is 4.79 Å². The first-order valence-corrected chi connectivity index (χ1v) is 8.74. The summed E-state index contributed by atoms with van der Waals surface area (Å²) in [6, 6.07) is 11.6. The first-order valence-electron chi connectivity index (χ1n) is 7.75. The summed E-state index contributed by atoms with van der Waals surface area (Å²) in [5, 5.41) is 8.99. The third-order valence-corrected chi connectivity index (χ3v) is 4.31. The number of nitrogens with one attached hydrogen (secondary N) is 1. The van der Waals surface area contributed by atoms with E-state index < -0.39 is 0 Å². The zero-order valence-electron chi connectivity index (χ0n) is 14.2. The van der Waals surface area contributed by atoms with E-state index in [1.54, 1.807) is 4.52 Å². The number of aryl methyl sites for hydroxylation is 2. The van der Waals surface area contributed by atoms with Crippen LogP contribution < -0.4 is 5.43 Å². The highest BCUT2D eigenvalue weighted by Gasteiger charge is 2.10. The average Bonchev–Trinajstić information content (AvgIpc) is 3.02. The van der Waals surface area contributed by atoms with Gasteiger partial charge in [0.2, 0.25) is 5.16 Å². The molecule has 3 rings (SSSR count). The van der Waals surface area contributed by atoms with Gasteiger partial charge in [0.05, 0.1) is 11.5 Å². The van der Waals surface area contributed by atoms with Gasteiger partial charge in [-0.1, -0.05) is 42.1 Å². The number of nitrogens with zero attached hydrogens (tertiary/aromatic N) is 5. The van der Waals surface area contributed by atoms with Crippen LogP contribution in [0, 0.1) is 13.8 Å². The van der Waals surface area contributed by atoms with Crippen molar-refractivity contribution in [2.24, 2.45) is 5.10 Å². The van der Waals surface area contributed by atoms with Crippen molar-refractivity contribution in [1.82, 2.24) is 25.0 Å². The molecule has 0 spiro atoms. The lowest BCUT2D eigenvalue weighted by Gasteiger charge is -2.01. The Bertz CT molecular complexity index is 935. The average molecular weight is 354 g/mol. The van der Waals surface area contributed by atoms with Crippen molar-refractivity contribution in [3.63, 3.8) is 0 Å². The summed E-state index contributed by atoms with van der Waals surface area (Å²) >= 11 is 1.25. The van der Waals surface area contributed by atoms with E-state index in [0.29, 0.717) is 10.9 Å². The lowest BCUT2D eigenvalue weighted by molar-refractivity contribution is -0.118. The molecule has 1 N–H and O–H groups in total. The summed E-state index contributed by atoms with van der Waals surface area (Å²) in [5.41, 5.74) is 6.11. The second-order valence-corrected chi connectivity index (χ2v) is 6.47. The van der Waals surface area contributed by atoms with E-state index in [-0.39, 0.29) is 11.7 Å². The second-order valence-electron chi connectivity index (χ2n) is 5.53. The Labute approximate surface area is 149 Å². The third-order valence-electron chi connectivity index (χ3n) is 3.47. The molecule has 0 radical (unpaired) electrons. The van der Waals surface area contributed by atoms with Gasteiger partial charge >= 0.3 is 0 Å². The molecular weight excluding hydrogens is 336 g/mol. The second kappa shape index (κ2) is 7.43. The molecule has 2 heterocycles. The van der Waals surface area contributed by atoms with Crippen LogP contribution in [0.25, 0.3) is 5.78 Å². The molecule has 0 saturated carbocycles. The number of hydrogen-bond donors (Lipinski definition) is 1. The first kappa shape index (κ1) is 17.1. The SMILES string of the molecule is C/C(=N/NC(=O)CSc1nc2nc(C)cc(C)n2n1)c1ccccc1. The first-order chi connectivity index (χ1) is 12.0. The van der Waals surface area contributed by atoms with Crippen LogP contribution in [0.4, 0.5) is 0 Å². The summed E-state index contributed by atoms with van der Waals surface area (Å²) in [5.74, 6) is 0.513. The van der Waals surface area contributed by atoms with Gasteiger partial charge in [0.1, 0.15) is 0 Å². The van der Waals surface area contributed by atoms with Gasteiger partial charge in [0.25, 0.3) is 11.7 Å². The van der Waals surface area contributed by atoms with Crippen molar-refractivity contribution in [3.05, 3.63) is 53.3 Å². The number of amides is 1. The molecule has 0 bridgehead atoms. The molecule has 25 heavy (non-hydrogen) atoms. The molecule has 0 aliphatic heterocycles. The Morgan fingerprint density at radius 3 is 2.76 bits per heavy atom. The summed E-state index contributed by atoms with van der Waals surface area (Å²) in [7, 11) is 0. The van der Waals surface area contributed by atoms with Crippen LogP contribution in [0.3, 0.4) is 0 Å². The Morgan fingerprint density at radius 1 is 1.24 bits per heavy atom. The molecule has 0 fully saturated rings. The van der Waals surface area contributed by atoms with Gasteiger partial charge in [-0.2, -0.15) is 10.1 Å². The maximum atomic E-state index is 12.0. The Hall–Kier alpha value is -2.74. The minimum atomic E-state index is -0.208. The molecular formula is C17H18N6OS. The number of carbonyl (C=O) groups is 1. The van der Waals surface area contributed by atoms with Crippen LogP contribution in [0.5, 0.6) is 0 Å². The molecule has 8 heteroatoms. The van der Waals surface area contributed by atoms with Crippen LogP contribution in [0.1, 0.15) is 23.9 Å². The molecule has 0 unspecified atom stereocenters. The zero-order valence-corrected chi connectivity index (χ0v) is 15.0. The summed E-state index contributed by atoms with van der Waals surface area (Å²) in [6.07, 6.45) is 0.